The number of likely N-dealkylation sites (tertiary alicyclic amines) is 2. The number of hydrogen-bond acceptors (Lipinski definition) is 11. The standard InChI is InChI=1S/C28H33N5O3S.C19H26N4O2/c1-18-3-5-22-23(28(36)29-2)15-27(35)33(25(22)13-18)12-11-32-9-7-19(8-10-32)30-16-20-4-6-26-24(31-20)14-21(34)17-37-26;1-13-3-4-15-16(19(25)21-2)12-18(24)23(17(15)11-13)10-9-22-7-5-14(20)6-8-22/h3-6,13,15,19,30H,7-12,14,16-17H2,1-2H3,(H,29,36);3-4,11-12,14H,5-10,20H2,1-2H3,(H,21,25). The van der Waals surface area contributed by atoms with Crippen LogP contribution in [0.2, 0.25) is 0 Å². The molecule has 0 bridgehead atoms. The van der Waals surface area contributed by atoms with Gasteiger partial charge in [0.25, 0.3) is 22.9 Å². The largest absolute Gasteiger partial charge is 0.355 e. The maximum Gasteiger partial charge on any atom is 0.251 e. The first kappa shape index (κ1) is 44.9. The maximum atomic E-state index is 13.0. The van der Waals surface area contributed by atoms with E-state index in [9.17, 15) is 24.0 Å². The van der Waals surface area contributed by atoms with Gasteiger partial charge in [0.2, 0.25) is 0 Å². The first-order chi connectivity index (χ1) is 29.9. The van der Waals surface area contributed by atoms with Crippen LogP contribution >= 0.6 is 11.8 Å². The molecule has 328 valence electrons. The molecule has 2 amide bonds. The molecule has 0 radical (unpaired) electrons. The second kappa shape index (κ2) is 20.3. The summed E-state index contributed by atoms with van der Waals surface area (Å²) in [6, 6.07) is 19.5. The number of aryl methyl sites for hydroxylation is 2. The molecule has 0 saturated carbocycles. The summed E-state index contributed by atoms with van der Waals surface area (Å²) in [5, 5.41) is 10.5. The minimum atomic E-state index is -0.245. The number of nitrogens with one attached hydrogen (secondary N) is 3. The molecule has 2 aromatic carbocycles. The van der Waals surface area contributed by atoms with Gasteiger partial charge in [-0.25, -0.2) is 0 Å². The highest BCUT2D eigenvalue weighted by molar-refractivity contribution is 8.00. The van der Waals surface area contributed by atoms with Crippen molar-refractivity contribution in [2.75, 3.05) is 59.1 Å². The number of nitrogens with two attached hydrogens (primary N) is 1. The number of ketones is 1. The zero-order valence-electron chi connectivity index (χ0n) is 36.3. The Hall–Kier alpha value is -5.19. The summed E-state index contributed by atoms with van der Waals surface area (Å²) in [6.45, 7) is 11.4. The molecule has 15 heteroatoms. The van der Waals surface area contributed by atoms with Crippen LogP contribution in [0.1, 0.15) is 68.9 Å². The van der Waals surface area contributed by atoms with E-state index in [1.165, 1.54) is 12.1 Å². The Balaban J connectivity index is 0.000000201. The fourth-order valence-corrected chi connectivity index (χ4v) is 9.51. The number of carbonyl (C=O) groups excluding carboxylic acids is 3. The molecule has 2 saturated heterocycles. The van der Waals surface area contributed by atoms with Crippen molar-refractivity contribution in [3.63, 3.8) is 0 Å². The highest BCUT2D eigenvalue weighted by Gasteiger charge is 2.22. The van der Waals surface area contributed by atoms with Gasteiger partial charge in [-0.3, -0.25) is 29.0 Å². The lowest BCUT2D eigenvalue weighted by Gasteiger charge is -2.32. The van der Waals surface area contributed by atoms with Gasteiger partial charge in [0, 0.05) is 86.7 Å². The first-order valence-electron chi connectivity index (χ1n) is 21.7. The van der Waals surface area contributed by atoms with E-state index in [0.717, 1.165) is 114 Å². The first-order valence-corrected chi connectivity index (χ1v) is 22.7. The van der Waals surface area contributed by atoms with Gasteiger partial charge in [-0.2, -0.15) is 0 Å². The number of rotatable bonds is 11. The Morgan fingerprint density at radius 2 is 1.23 bits per heavy atom. The average molecular weight is 862 g/mol. The van der Waals surface area contributed by atoms with Crippen molar-refractivity contribution >= 4 is 51.2 Å². The fraction of sp³-hybridized carbons (Fsp3) is 0.447. The number of thioether (sulfide) groups is 1. The van der Waals surface area contributed by atoms with Gasteiger partial charge in [-0.15, -0.1) is 11.8 Å². The molecule has 0 atom stereocenters. The topological polar surface area (TPSA) is 177 Å². The Kier molecular flexibility index (Phi) is 14.7. The number of aromatic nitrogens is 3. The Morgan fingerprint density at radius 3 is 1.74 bits per heavy atom. The zero-order valence-corrected chi connectivity index (χ0v) is 37.1. The molecular formula is C47H59N9O5S. The lowest BCUT2D eigenvalue weighted by Crippen LogP contribution is -2.43. The highest BCUT2D eigenvalue weighted by Crippen LogP contribution is 2.27. The van der Waals surface area contributed by atoms with E-state index in [4.69, 9.17) is 10.7 Å². The van der Waals surface area contributed by atoms with Crippen LogP contribution in [0.25, 0.3) is 21.8 Å². The van der Waals surface area contributed by atoms with Crippen LogP contribution in [0.15, 0.2) is 75.1 Å². The van der Waals surface area contributed by atoms with Gasteiger partial charge >= 0.3 is 0 Å². The number of pyridine rings is 3. The molecular weight excluding hydrogens is 803 g/mol. The Labute approximate surface area is 366 Å². The molecule has 3 aromatic heterocycles. The lowest BCUT2D eigenvalue weighted by atomic mass is 10.0. The normalized spacial score (nSPS) is 16.5. The summed E-state index contributed by atoms with van der Waals surface area (Å²) in [5.74, 6) is 0.320. The number of amides is 2. The smallest absolute Gasteiger partial charge is 0.251 e. The van der Waals surface area contributed by atoms with E-state index in [1.807, 2.05) is 50.2 Å². The van der Waals surface area contributed by atoms with Crippen molar-refractivity contribution in [1.82, 2.24) is 39.9 Å². The van der Waals surface area contributed by atoms with Gasteiger partial charge in [-0.1, -0.05) is 24.3 Å². The summed E-state index contributed by atoms with van der Waals surface area (Å²) in [7, 11) is 3.16. The Morgan fingerprint density at radius 1 is 0.710 bits per heavy atom. The van der Waals surface area contributed by atoms with Gasteiger partial charge in [0.05, 0.1) is 45.7 Å². The van der Waals surface area contributed by atoms with Crippen LogP contribution in [0.4, 0.5) is 0 Å². The summed E-state index contributed by atoms with van der Waals surface area (Å²) in [5.41, 5.74) is 12.2. The molecule has 14 nitrogen and oxygen atoms in total. The molecule has 3 aliphatic rings. The number of Topliss-reactive ketones (excluding diaryl/α,β-unsaturated/α-hetero) is 1. The van der Waals surface area contributed by atoms with Crippen molar-refractivity contribution in [2.24, 2.45) is 5.73 Å². The quantitative estimate of drug-likeness (QED) is 0.153. The molecule has 5 N–H and O–H groups in total. The lowest BCUT2D eigenvalue weighted by molar-refractivity contribution is -0.116. The van der Waals surface area contributed by atoms with E-state index in [0.29, 0.717) is 55.0 Å². The summed E-state index contributed by atoms with van der Waals surface area (Å²) >= 11 is 1.58. The van der Waals surface area contributed by atoms with Crippen molar-refractivity contribution in [2.45, 2.75) is 82.6 Å². The minimum Gasteiger partial charge on any atom is -0.355 e. The number of hydrogen-bond donors (Lipinski definition) is 4. The van der Waals surface area contributed by atoms with Crippen LogP contribution < -0.4 is 32.8 Å². The fourth-order valence-electron chi connectivity index (χ4n) is 8.64. The van der Waals surface area contributed by atoms with E-state index in [1.54, 1.807) is 35.0 Å². The SMILES string of the molecule is CNC(=O)c1cc(=O)n(CCN2CCC(N)CC2)c2cc(C)ccc12.CNC(=O)c1cc(=O)n(CCN2CCC(NCc3ccc4c(n3)CC(=O)CS4)CC2)c2cc(C)ccc12. The summed E-state index contributed by atoms with van der Waals surface area (Å²) in [6.07, 6.45) is 4.52. The minimum absolute atomic E-state index is 0.134. The molecule has 8 rings (SSSR count). The van der Waals surface area contributed by atoms with Crippen molar-refractivity contribution in [3.8, 4) is 0 Å². The van der Waals surface area contributed by atoms with Crippen molar-refractivity contribution in [3.05, 3.63) is 115 Å². The third kappa shape index (κ3) is 10.7. The van der Waals surface area contributed by atoms with Crippen LogP contribution in [0.5, 0.6) is 0 Å². The molecule has 2 fully saturated rings. The van der Waals surface area contributed by atoms with Crippen LogP contribution in [0, 0.1) is 13.8 Å². The molecule has 0 aliphatic carbocycles. The zero-order chi connectivity index (χ0) is 43.9. The molecule has 0 unspecified atom stereocenters. The van der Waals surface area contributed by atoms with Crippen molar-refractivity contribution in [1.29, 1.82) is 0 Å². The maximum absolute atomic E-state index is 13.0. The monoisotopic (exact) mass is 861 g/mol. The van der Waals surface area contributed by atoms with Gasteiger partial charge in [-0.05, 0) is 101 Å². The van der Waals surface area contributed by atoms with E-state index >= 15 is 0 Å². The highest BCUT2D eigenvalue weighted by atomic mass is 32.2. The summed E-state index contributed by atoms with van der Waals surface area (Å²) in [4.78, 5) is 72.4. The molecule has 5 aromatic rings. The van der Waals surface area contributed by atoms with Crippen molar-refractivity contribution < 1.29 is 14.4 Å². The number of nitrogens with zero attached hydrogens (tertiary/aromatic N) is 5. The van der Waals surface area contributed by atoms with E-state index < -0.39 is 0 Å². The van der Waals surface area contributed by atoms with Gasteiger partial charge in [0.1, 0.15) is 5.78 Å². The predicted molar refractivity (Wildman–Crippen MR) is 246 cm³/mol. The Bertz CT molecular complexity index is 2570. The third-order valence-electron chi connectivity index (χ3n) is 12.3. The van der Waals surface area contributed by atoms with E-state index in [-0.39, 0.29) is 28.7 Å². The number of benzene rings is 2. The van der Waals surface area contributed by atoms with E-state index in [2.05, 4.69) is 37.9 Å². The third-order valence-corrected chi connectivity index (χ3v) is 13.4. The molecule has 6 heterocycles. The van der Waals surface area contributed by atoms with Gasteiger partial charge in [0.15, 0.2) is 0 Å². The molecule has 0 spiro atoms. The number of fused-ring (bicyclic) bond motifs is 3. The molecule has 3 aliphatic heterocycles. The van der Waals surface area contributed by atoms with Crippen LogP contribution in [-0.4, -0.2) is 113 Å². The number of piperidine rings is 2. The predicted octanol–water partition coefficient (Wildman–Crippen LogP) is 3.63. The number of carbonyl (C=O) groups is 3. The second-order valence-corrected chi connectivity index (χ2v) is 17.7. The molecule has 62 heavy (non-hydrogen) atoms. The van der Waals surface area contributed by atoms with Crippen LogP contribution in [0.3, 0.4) is 0 Å². The van der Waals surface area contributed by atoms with Crippen LogP contribution in [-0.2, 0) is 30.8 Å². The summed E-state index contributed by atoms with van der Waals surface area (Å²) < 4.78 is 3.58. The van der Waals surface area contributed by atoms with Gasteiger partial charge < -0.3 is 40.6 Å². The average Bonchev–Trinajstić information content (AvgIpc) is 3.27. The second-order valence-electron chi connectivity index (χ2n) is 16.7.